The van der Waals surface area contributed by atoms with Gasteiger partial charge in [-0.2, -0.15) is 4.31 Å². The van der Waals surface area contributed by atoms with Crippen LogP contribution < -0.4 is 0 Å². The first-order chi connectivity index (χ1) is 11.1. The summed E-state index contributed by atoms with van der Waals surface area (Å²) in [5.41, 5.74) is 0. The highest BCUT2D eigenvalue weighted by Gasteiger charge is 2.30. The van der Waals surface area contributed by atoms with Crippen LogP contribution in [0.15, 0.2) is 15.4 Å². The van der Waals surface area contributed by atoms with E-state index in [2.05, 4.69) is 4.90 Å². The summed E-state index contributed by atoms with van der Waals surface area (Å²) >= 11 is 0. The fraction of sp³-hybridized carbons (Fsp3) is 0.688. The number of hydrogen-bond donors (Lipinski definition) is 1. The number of sulfonamides is 1. The van der Waals surface area contributed by atoms with E-state index in [4.69, 9.17) is 9.52 Å². The van der Waals surface area contributed by atoms with Crippen molar-refractivity contribution in [2.45, 2.75) is 39.5 Å². The molecule has 0 bridgehead atoms. The molecule has 0 aromatic carbocycles. The largest absolute Gasteiger partial charge is 0.475 e. The summed E-state index contributed by atoms with van der Waals surface area (Å²) in [5.74, 6) is -1.39. The van der Waals surface area contributed by atoms with Gasteiger partial charge in [-0.15, -0.1) is 0 Å². The maximum atomic E-state index is 13.0. The van der Waals surface area contributed by atoms with Crippen molar-refractivity contribution in [3.05, 3.63) is 17.6 Å². The van der Waals surface area contributed by atoms with E-state index in [1.54, 1.807) is 0 Å². The first kappa shape index (κ1) is 20.7. The predicted octanol–water partition coefficient (Wildman–Crippen LogP) is 2.27. The molecule has 7 nitrogen and oxygen atoms in total. The zero-order valence-corrected chi connectivity index (χ0v) is 15.9. The highest BCUT2D eigenvalue weighted by Crippen LogP contribution is 2.24. The van der Waals surface area contributed by atoms with Crippen LogP contribution in [-0.2, 0) is 10.0 Å². The summed E-state index contributed by atoms with van der Waals surface area (Å²) in [6.07, 6.45) is 0. The Morgan fingerprint density at radius 3 is 2.25 bits per heavy atom. The van der Waals surface area contributed by atoms with Gasteiger partial charge in [-0.25, -0.2) is 13.2 Å². The number of carbonyl (C=O) groups is 1. The van der Waals surface area contributed by atoms with Crippen molar-refractivity contribution in [3.8, 4) is 0 Å². The van der Waals surface area contributed by atoms with Gasteiger partial charge < -0.3 is 14.4 Å². The second-order valence-corrected chi connectivity index (χ2v) is 8.03. The van der Waals surface area contributed by atoms with Crippen molar-refractivity contribution in [1.82, 2.24) is 9.21 Å². The fourth-order valence-corrected chi connectivity index (χ4v) is 4.23. The van der Waals surface area contributed by atoms with Crippen molar-refractivity contribution in [2.75, 3.05) is 32.7 Å². The molecule has 1 rings (SSSR count). The molecule has 0 unspecified atom stereocenters. The number of nitrogens with zero attached hydrogens (tertiary/aromatic N) is 2. The number of hydrogen-bond acceptors (Lipinski definition) is 5. The van der Waals surface area contributed by atoms with E-state index in [0.717, 1.165) is 19.2 Å². The molecular weight excluding hydrogens is 332 g/mol. The lowest BCUT2D eigenvalue weighted by Crippen LogP contribution is -2.40. The molecule has 1 heterocycles. The Morgan fingerprint density at radius 1 is 1.25 bits per heavy atom. The standard InChI is InChI=1S/C16H28N2O5S/c1-6-17(7-2)8-9-18(11-12(3)4)24(21,22)15-10-14(16(19)20)23-13(15)5/h10,12H,6-9,11H2,1-5H3,(H,19,20). The van der Waals surface area contributed by atoms with Gasteiger partial charge in [0.2, 0.25) is 15.8 Å². The Balaban J connectivity index is 3.12. The highest BCUT2D eigenvalue weighted by molar-refractivity contribution is 7.89. The van der Waals surface area contributed by atoms with Crippen LogP contribution in [0, 0.1) is 12.8 Å². The van der Waals surface area contributed by atoms with E-state index < -0.39 is 16.0 Å². The minimum Gasteiger partial charge on any atom is -0.475 e. The van der Waals surface area contributed by atoms with Gasteiger partial charge in [-0.05, 0) is 25.9 Å². The fourth-order valence-electron chi connectivity index (χ4n) is 2.48. The molecule has 0 radical (unpaired) electrons. The van der Waals surface area contributed by atoms with Gasteiger partial charge in [-0.3, -0.25) is 0 Å². The number of carboxylic acid groups (broad SMARTS) is 1. The van der Waals surface area contributed by atoms with Crippen LogP contribution in [0.25, 0.3) is 0 Å². The van der Waals surface area contributed by atoms with E-state index in [1.165, 1.54) is 11.2 Å². The molecule has 0 atom stereocenters. The lowest BCUT2D eigenvalue weighted by atomic mass is 10.2. The van der Waals surface area contributed by atoms with Crippen molar-refractivity contribution in [3.63, 3.8) is 0 Å². The molecule has 0 spiro atoms. The Hall–Kier alpha value is -1.38. The molecular formula is C16H28N2O5S. The molecule has 1 aromatic rings. The van der Waals surface area contributed by atoms with Gasteiger partial charge in [0, 0.05) is 25.7 Å². The summed E-state index contributed by atoms with van der Waals surface area (Å²) < 4.78 is 32.4. The van der Waals surface area contributed by atoms with Gasteiger partial charge in [0.25, 0.3) is 0 Å². The summed E-state index contributed by atoms with van der Waals surface area (Å²) in [4.78, 5) is 13.1. The molecule has 0 aliphatic rings. The minimum atomic E-state index is -3.80. The molecule has 0 saturated carbocycles. The monoisotopic (exact) mass is 360 g/mol. The van der Waals surface area contributed by atoms with Crippen molar-refractivity contribution in [2.24, 2.45) is 5.92 Å². The Bertz CT molecular complexity index is 647. The van der Waals surface area contributed by atoms with E-state index in [0.29, 0.717) is 19.6 Å². The third kappa shape index (κ3) is 5.06. The van der Waals surface area contributed by atoms with Gasteiger partial charge in [0.1, 0.15) is 10.7 Å². The smallest absolute Gasteiger partial charge is 0.371 e. The summed E-state index contributed by atoms with van der Waals surface area (Å²) in [7, 11) is -3.80. The average molecular weight is 360 g/mol. The summed E-state index contributed by atoms with van der Waals surface area (Å²) in [6, 6.07) is 1.09. The van der Waals surface area contributed by atoms with Crippen molar-refractivity contribution in [1.29, 1.82) is 0 Å². The second-order valence-electron chi connectivity index (χ2n) is 6.12. The number of rotatable bonds is 10. The number of furan rings is 1. The number of likely N-dealkylation sites (N-methyl/N-ethyl adjacent to an activating group) is 1. The molecule has 8 heteroatoms. The zero-order valence-electron chi connectivity index (χ0n) is 15.1. The van der Waals surface area contributed by atoms with Gasteiger partial charge >= 0.3 is 5.97 Å². The van der Waals surface area contributed by atoms with E-state index >= 15 is 0 Å². The molecule has 0 saturated heterocycles. The van der Waals surface area contributed by atoms with E-state index in [-0.39, 0.29) is 22.3 Å². The molecule has 1 aromatic heterocycles. The maximum Gasteiger partial charge on any atom is 0.371 e. The van der Waals surface area contributed by atoms with Crippen LogP contribution in [0.2, 0.25) is 0 Å². The van der Waals surface area contributed by atoms with Crippen LogP contribution in [0.5, 0.6) is 0 Å². The van der Waals surface area contributed by atoms with E-state index in [1.807, 2.05) is 27.7 Å². The molecule has 0 amide bonds. The lowest BCUT2D eigenvalue weighted by molar-refractivity contribution is 0.0661. The Labute approximate surface area is 144 Å². The summed E-state index contributed by atoms with van der Waals surface area (Å²) in [5, 5.41) is 9.00. The first-order valence-corrected chi connectivity index (χ1v) is 9.63. The Kier molecular flexibility index (Phi) is 7.44. The highest BCUT2D eigenvalue weighted by atomic mass is 32.2. The number of aromatic carboxylic acids is 1. The van der Waals surface area contributed by atoms with Crippen LogP contribution in [0.4, 0.5) is 0 Å². The number of aryl methyl sites for hydroxylation is 1. The van der Waals surface area contributed by atoms with Crippen molar-refractivity contribution >= 4 is 16.0 Å². The topological polar surface area (TPSA) is 91.1 Å². The predicted molar refractivity (Wildman–Crippen MR) is 91.8 cm³/mol. The quantitative estimate of drug-likeness (QED) is 0.688. The first-order valence-electron chi connectivity index (χ1n) is 8.19. The Morgan fingerprint density at radius 2 is 1.83 bits per heavy atom. The molecule has 138 valence electrons. The lowest BCUT2D eigenvalue weighted by Gasteiger charge is -2.27. The van der Waals surface area contributed by atoms with Gasteiger partial charge in [0.15, 0.2) is 0 Å². The molecule has 0 aliphatic heterocycles. The third-order valence-corrected chi connectivity index (χ3v) is 5.80. The third-order valence-electron chi connectivity index (χ3n) is 3.83. The van der Waals surface area contributed by atoms with Gasteiger partial charge in [0.05, 0.1) is 0 Å². The average Bonchev–Trinajstić information content (AvgIpc) is 2.89. The van der Waals surface area contributed by atoms with Crippen molar-refractivity contribution < 1.29 is 22.7 Å². The SMILES string of the molecule is CCN(CC)CCN(CC(C)C)S(=O)(=O)c1cc(C(=O)O)oc1C. The molecule has 1 N–H and O–H groups in total. The zero-order chi connectivity index (χ0) is 18.5. The molecule has 0 aliphatic carbocycles. The van der Waals surface area contributed by atoms with Crippen LogP contribution >= 0.6 is 0 Å². The number of carboxylic acids is 1. The minimum absolute atomic E-state index is 0.0694. The summed E-state index contributed by atoms with van der Waals surface area (Å²) in [6.45, 7) is 12.5. The molecule has 24 heavy (non-hydrogen) atoms. The van der Waals surface area contributed by atoms with Crippen LogP contribution in [-0.4, -0.2) is 61.4 Å². The normalized spacial score (nSPS) is 12.5. The van der Waals surface area contributed by atoms with E-state index in [9.17, 15) is 13.2 Å². The van der Waals surface area contributed by atoms with Crippen LogP contribution in [0.3, 0.4) is 0 Å². The van der Waals surface area contributed by atoms with Gasteiger partial charge in [-0.1, -0.05) is 27.7 Å². The maximum absolute atomic E-state index is 13.0. The second kappa shape index (κ2) is 8.64. The van der Waals surface area contributed by atoms with Crippen LogP contribution in [0.1, 0.15) is 44.0 Å². The molecule has 0 fully saturated rings.